The second-order valence-corrected chi connectivity index (χ2v) is 5.01. The third-order valence-corrected chi connectivity index (χ3v) is 2.95. The molecule has 0 heterocycles. The highest BCUT2D eigenvalue weighted by Crippen LogP contribution is 2.49. The SMILES string of the molecule is CNC(=O)CN(C)CC1(CC(N)=S)CC1. The van der Waals surface area contributed by atoms with Crippen molar-refractivity contribution >= 4 is 23.1 Å². The van der Waals surface area contributed by atoms with Gasteiger partial charge in [-0.2, -0.15) is 0 Å². The van der Waals surface area contributed by atoms with E-state index in [2.05, 4.69) is 5.32 Å². The first kappa shape index (κ1) is 12.4. The van der Waals surface area contributed by atoms with Gasteiger partial charge in [-0.1, -0.05) is 12.2 Å². The van der Waals surface area contributed by atoms with Gasteiger partial charge in [-0.3, -0.25) is 9.69 Å². The highest BCUT2D eigenvalue weighted by Gasteiger charge is 2.43. The van der Waals surface area contributed by atoms with Gasteiger partial charge in [-0.15, -0.1) is 0 Å². The quantitative estimate of drug-likeness (QED) is 0.635. The van der Waals surface area contributed by atoms with E-state index in [0.717, 1.165) is 13.0 Å². The maximum atomic E-state index is 11.1. The Morgan fingerprint density at radius 2 is 2.20 bits per heavy atom. The molecule has 1 rings (SSSR count). The highest BCUT2D eigenvalue weighted by molar-refractivity contribution is 7.80. The van der Waals surface area contributed by atoms with Crippen LogP contribution in [-0.2, 0) is 4.79 Å². The zero-order valence-electron chi connectivity index (χ0n) is 9.38. The summed E-state index contributed by atoms with van der Waals surface area (Å²) >= 11 is 4.93. The van der Waals surface area contributed by atoms with Crippen molar-refractivity contribution in [3.05, 3.63) is 0 Å². The lowest BCUT2D eigenvalue weighted by Crippen LogP contribution is -2.37. The van der Waals surface area contributed by atoms with E-state index in [1.807, 2.05) is 11.9 Å². The summed E-state index contributed by atoms with van der Waals surface area (Å²) in [5.41, 5.74) is 5.81. The standard InChI is InChI=1S/C10H19N3OS/c1-12-9(14)6-13(2)7-10(3-4-10)5-8(11)15/h3-7H2,1-2H3,(H2,11,15)(H,12,14). The van der Waals surface area contributed by atoms with Crippen LogP contribution in [0.5, 0.6) is 0 Å². The minimum atomic E-state index is 0.0450. The topological polar surface area (TPSA) is 58.4 Å². The number of hydrogen-bond acceptors (Lipinski definition) is 3. The monoisotopic (exact) mass is 229 g/mol. The van der Waals surface area contributed by atoms with Gasteiger partial charge in [0.05, 0.1) is 11.5 Å². The molecule has 0 aromatic rings. The summed E-state index contributed by atoms with van der Waals surface area (Å²) in [5, 5.41) is 2.61. The van der Waals surface area contributed by atoms with Gasteiger partial charge in [0, 0.05) is 20.0 Å². The average Bonchev–Trinajstić information content (AvgIpc) is 2.82. The molecule has 0 radical (unpaired) electrons. The molecule has 15 heavy (non-hydrogen) atoms. The Morgan fingerprint density at radius 3 is 2.60 bits per heavy atom. The van der Waals surface area contributed by atoms with E-state index in [0.29, 0.717) is 11.5 Å². The first-order valence-electron chi connectivity index (χ1n) is 5.15. The van der Waals surface area contributed by atoms with Crippen LogP contribution in [-0.4, -0.2) is 43.0 Å². The summed E-state index contributed by atoms with van der Waals surface area (Å²) in [5.74, 6) is 0.0450. The van der Waals surface area contributed by atoms with Crippen LogP contribution >= 0.6 is 12.2 Å². The third-order valence-electron chi connectivity index (χ3n) is 2.80. The molecule has 0 spiro atoms. The fourth-order valence-corrected chi connectivity index (χ4v) is 2.20. The smallest absolute Gasteiger partial charge is 0.233 e. The summed E-state index contributed by atoms with van der Waals surface area (Å²) < 4.78 is 0. The predicted octanol–water partition coefficient (Wildman–Crippen LogP) is 0.121. The minimum Gasteiger partial charge on any atom is -0.393 e. The average molecular weight is 229 g/mol. The van der Waals surface area contributed by atoms with Gasteiger partial charge in [0.25, 0.3) is 0 Å². The van der Waals surface area contributed by atoms with E-state index >= 15 is 0 Å². The summed E-state index contributed by atoms with van der Waals surface area (Å²) in [7, 11) is 3.60. The number of nitrogens with zero attached hydrogens (tertiary/aromatic N) is 1. The van der Waals surface area contributed by atoms with Crippen LogP contribution in [0.3, 0.4) is 0 Å². The molecule has 0 bridgehead atoms. The minimum absolute atomic E-state index is 0.0450. The van der Waals surface area contributed by atoms with E-state index in [9.17, 15) is 4.79 Å². The van der Waals surface area contributed by atoms with Gasteiger partial charge in [0.15, 0.2) is 0 Å². The van der Waals surface area contributed by atoms with Gasteiger partial charge >= 0.3 is 0 Å². The first-order chi connectivity index (χ1) is 6.97. The molecule has 1 saturated carbocycles. The van der Waals surface area contributed by atoms with Crippen LogP contribution in [0.15, 0.2) is 0 Å². The number of thiocarbonyl (C=S) groups is 1. The van der Waals surface area contributed by atoms with Gasteiger partial charge < -0.3 is 11.1 Å². The van der Waals surface area contributed by atoms with Crippen LogP contribution in [0.2, 0.25) is 0 Å². The van der Waals surface area contributed by atoms with E-state index < -0.39 is 0 Å². The molecule has 0 unspecified atom stereocenters. The summed E-state index contributed by atoms with van der Waals surface area (Å²) in [4.78, 5) is 13.8. The van der Waals surface area contributed by atoms with Gasteiger partial charge in [-0.25, -0.2) is 0 Å². The Hall–Kier alpha value is -0.680. The van der Waals surface area contributed by atoms with Crippen molar-refractivity contribution in [3.8, 4) is 0 Å². The van der Waals surface area contributed by atoms with E-state index in [1.54, 1.807) is 7.05 Å². The largest absolute Gasteiger partial charge is 0.393 e. The number of carbonyl (C=O) groups is 1. The van der Waals surface area contributed by atoms with Crippen molar-refractivity contribution in [3.63, 3.8) is 0 Å². The Labute approximate surface area is 96.2 Å². The Balaban J connectivity index is 2.34. The van der Waals surface area contributed by atoms with Crippen LogP contribution in [0.1, 0.15) is 19.3 Å². The molecule has 0 aromatic heterocycles. The Morgan fingerprint density at radius 1 is 1.60 bits per heavy atom. The molecule has 5 heteroatoms. The van der Waals surface area contributed by atoms with Crippen molar-refractivity contribution in [2.75, 3.05) is 27.2 Å². The first-order valence-corrected chi connectivity index (χ1v) is 5.56. The predicted molar refractivity (Wildman–Crippen MR) is 64.6 cm³/mol. The van der Waals surface area contributed by atoms with Crippen molar-refractivity contribution in [2.24, 2.45) is 11.1 Å². The molecule has 1 aliphatic rings. The van der Waals surface area contributed by atoms with Crippen LogP contribution in [0.4, 0.5) is 0 Å². The number of carbonyl (C=O) groups excluding carboxylic acids is 1. The number of likely N-dealkylation sites (N-methyl/N-ethyl adjacent to an activating group) is 2. The molecule has 4 nitrogen and oxygen atoms in total. The molecule has 1 fully saturated rings. The summed E-state index contributed by atoms with van der Waals surface area (Å²) in [6, 6.07) is 0. The number of rotatable bonds is 6. The molecule has 0 aromatic carbocycles. The van der Waals surface area contributed by atoms with Gasteiger partial charge in [0.1, 0.15) is 0 Å². The Kier molecular flexibility index (Phi) is 4.04. The molecular weight excluding hydrogens is 210 g/mol. The molecular formula is C10H19N3OS. The molecule has 86 valence electrons. The van der Waals surface area contributed by atoms with E-state index in [4.69, 9.17) is 18.0 Å². The van der Waals surface area contributed by atoms with Crippen molar-refractivity contribution in [1.29, 1.82) is 0 Å². The molecule has 0 atom stereocenters. The molecule has 1 amide bonds. The maximum absolute atomic E-state index is 11.1. The van der Waals surface area contributed by atoms with Crippen molar-refractivity contribution < 1.29 is 4.79 Å². The second-order valence-electron chi connectivity index (χ2n) is 4.49. The lowest BCUT2D eigenvalue weighted by Gasteiger charge is -2.22. The second kappa shape index (κ2) is 4.90. The van der Waals surface area contributed by atoms with Gasteiger partial charge in [-0.05, 0) is 25.3 Å². The van der Waals surface area contributed by atoms with Crippen LogP contribution in [0, 0.1) is 5.41 Å². The lowest BCUT2D eigenvalue weighted by atomic mass is 10.0. The Bertz CT molecular complexity index is 263. The highest BCUT2D eigenvalue weighted by atomic mass is 32.1. The van der Waals surface area contributed by atoms with Crippen LogP contribution in [0.25, 0.3) is 0 Å². The zero-order chi connectivity index (χ0) is 11.5. The fourth-order valence-electron chi connectivity index (χ4n) is 1.89. The third kappa shape index (κ3) is 4.13. The lowest BCUT2D eigenvalue weighted by molar-refractivity contribution is -0.121. The van der Waals surface area contributed by atoms with E-state index in [1.165, 1.54) is 12.8 Å². The summed E-state index contributed by atoms with van der Waals surface area (Å²) in [6.45, 7) is 1.34. The molecule has 1 aliphatic carbocycles. The maximum Gasteiger partial charge on any atom is 0.233 e. The van der Waals surface area contributed by atoms with E-state index in [-0.39, 0.29) is 11.3 Å². The zero-order valence-corrected chi connectivity index (χ0v) is 10.2. The fraction of sp³-hybridized carbons (Fsp3) is 0.800. The number of hydrogen-bond donors (Lipinski definition) is 2. The molecule has 3 N–H and O–H groups in total. The number of nitrogens with two attached hydrogens (primary N) is 1. The number of amides is 1. The normalized spacial score (nSPS) is 17.5. The van der Waals surface area contributed by atoms with Crippen molar-refractivity contribution in [2.45, 2.75) is 19.3 Å². The molecule has 0 saturated heterocycles. The van der Waals surface area contributed by atoms with Crippen molar-refractivity contribution in [1.82, 2.24) is 10.2 Å². The number of nitrogens with one attached hydrogen (secondary N) is 1. The molecule has 0 aliphatic heterocycles. The van der Waals surface area contributed by atoms with Crippen LogP contribution < -0.4 is 11.1 Å². The summed E-state index contributed by atoms with van der Waals surface area (Å²) in [6.07, 6.45) is 3.14. The van der Waals surface area contributed by atoms with Gasteiger partial charge in [0.2, 0.25) is 5.91 Å².